The van der Waals surface area contributed by atoms with E-state index in [0.717, 1.165) is 0 Å². The van der Waals surface area contributed by atoms with E-state index < -0.39 is 41.6 Å². The zero-order chi connectivity index (χ0) is 15.5. The van der Waals surface area contributed by atoms with Gasteiger partial charge in [0.25, 0.3) is 0 Å². The van der Waals surface area contributed by atoms with Gasteiger partial charge in [-0.1, -0.05) is 0 Å². The van der Waals surface area contributed by atoms with Gasteiger partial charge >= 0.3 is 29.4 Å². The molecule has 0 amide bonds. The molecule has 0 saturated carbocycles. The molecule has 116 valence electrons. The van der Waals surface area contributed by atoms with Gasteiger partial charge in [-0.3, -0.25) is 7.74 Å². The summed E-state index contributed by atoms with van der Waals surface area (Å²) in [7, 11) is -12.2. The lowest BCUT2D eigenvalue weighted by Gasteiger charge is -2.21. The van der Waals surface area contributed by atoms with Crippen molar-refractivity contribution in [3.8, 4) is 0 Å². The van der Waals surface area contributed by atoms with Crippen LogP contribution in [0.4, 0.5) is 0 Å². The maximum Gasteiger partial charge on any atom is 0.392 e. The Morgan fingerprint density at radius 1 is 0.737 bits per heavy atom. The van der Waals surface area contributed by atoms with Gasteiger partial charge in [0.1, 0.15) is 0 Å². The van der Waals surface area contributed by atoms with Gasteiger partial charge in [-0.05, 0) is 40.8 Å². The van der Waals surface area contributed by atoms with E-state index in [9.17, 15) is 16.8 Å². The van der Waals surface area contributed by atoms with E-state index >= 15 is 0 Å². The zero-order valence-corrected chi connectivity index (χ0v) is 14.4. The summed E-state index contributed by atoms with van der Waals surface area (Å²) in [6, 6.07) is 0. The van der Waals surface area contributed by atoms with Crippen molar-refractivity contribution in [2.45, 2.75) is 53.0 Å². The third-order valence-electron chi connectivity index (χ3n) is 1.23. The Labute approximate surface area is 115 Å². The predicted octanol–water partition coefficient (Wildman–Crippen LogP) is 1.06. The summed E-state index contributed by atoms with van der Waals surface area (Å²) in [5.41, 5.74) is 0. The van der Waals surface area contributed by atoms with Crippen LogP contribution >= 0.6 is 0 Å². The van der Waals surface area contributed by atoms with Crippen molar-refractivity contribution in [1.29, 1.82) is 0 Å². The second kappa shape index (κ2) is 6.61. The topological polar surface area (TPSA) is 105 Å². The van der Waals surface area contributed by atoms with E-state index in [-0.39, 0.29) is 0 Å². The first kappa shape index (κ1) is 19.0. The molecule has 0 saturated heterocycles. The van der Waals surface area contributed by atoms with E-state index in [1.165, 1.54) is 40.8 Å². The molecule has 0 aromatic carbocycles. The molecule has 0 spiro atoms. The van der Waals surface area contributed by atoms with Crippen molar-refractivity contribution >= 4 is 29.4 Å². The Morgan fingerprint density at radius 2 is 1.00 bits per heavy atom. The summed E-state index contributed by atoms with van der Waals surface area (Å²) in [6.45, 7) is 8.47. The van der Waals surface area contributed by atoms with E-state index in [2.05, 4.69) is 16.1 Å². The molecule has 0 aliphatic carbocycles. The van der Waals surface area contributed by atoms with Gasteiger partial charge in [-0.25, -0.2) is 8.37 Å². The second-order valence-corrected chi connectivity index (χ2v) is 10.8. The van der Waals surface area contributed by atoms with Crippen molar-refractivity contribution in [3.05, 3.63) is 0 Å². The summed E-state index contributed by atoms with van der Waals surface area (Å²) in [5, 5.41) is 0. The van der Waals surface area contributed by atoms with Crippen LogP contribution in [0.25, 0.3) is 0 Å². The van der Waals surface area contributed by atoms with Crippen molar-refractivity contribution in [2.24, 2.45) is 0 Å². The summed E-state index contributed by atoms with van der Waals surface area (Å²) in [6.07, 6.45) is -1.25. The minimum absolute atomic E-state index is 0.627. The fourth-order valence-corrected chi connectivity index (χ4v) is 6.57. The third kappa shape index (κ3) is 9.48. The van der Waals surface area contributed by atoms with Crippen LogP contribution < -0.4 is 0 Å². The van der Waals surface area contributed by atoms with Crippen molar-refractivity contribution in [1.82, 2.24) is 0 Å². The second-order valence-electron chi connectivity index (χ2n) is 4.67. The van der Waals surface area contributed by atoms with Crippen LogP contribution in [-0.2, 0) is 36.9 Å². The number of hydrogen-bond acceptors (Lipinski definition) is 8. The Balaban J connectivity index is 4.82. The molecule has 19 heavy (non-hydrogen) atoms. The molecule has 0 aliphatic heterocycles. The summed E-state index contributed by atoms with van der Waals surface area (Å²) >= 11 is 0. The van der Waals surface area contributed by atoms with E-state index in [1.54, 1.807) is 0 Å². The Hall–Kier alpha value is -0.0431. The van der Waals surface area contributed by atoms with Crippen LogP contribution in [0.5, 0.6) is 0 Å². The smallest absolute Gasteiger partial charge is 0.262 e. The van der Waals surface area contributed by atoms with Gasteiger partial charge in [-0.2, -0.15) is 16.8 Å². The van der Waals surface area contributed by atoms with Gasteiger partial charge in [-0.15, -0.1) is 0 Å². The van der Waals surface area contributed by atoms with Crippen LogP contribution in [0, 0.1) is 0 Å². The Bertz CT molecular complexity index is 435. The van der Waals surface area contributed by atoms with Crippen LogP contribution in [0.3, 0.4) is 0 Å². The molecule has 8 nitrogen and oxygen atoms in total. The highest BCUT2D eigenvalue weighted by atomic mass is 32.3. The monoisotopic (exact) mass is 336 g/mol. The van der Waals surface area contributed by atoms with Crippen molar-refractivity contribution in [3.63, 3.8) is 0 Å². The van der Waals surface area contributed by atoms with E-state index in [4.69, 9.17) is 0 Å². The first-order valence-electron chi connectivity index (χ1n) is 5.52. The molecule has 0 aliphatic rings. The molecule has 0 N–H and O–H groups in total. The molecule has 0 heterocycles. The largest absolute Gasteiger partial charge is 0.392 e. The SMILES string of the molecule is CC(C)OS(=O)(=O)O[Si](C)(C)OS(=O)(=O)OC(C)C. The quantitative estimate of drug-likeness (QED) is 0.606. The first-order valence-corrected chi connectivity index (χ1v) is 11.0. The van der Waals surface area contributed by atoms with Crippen molar-refractivity contribution in [2.75, 3.05) is 0 Å². The van der Waals surface area contributed by atoms with Gasteiger partial charge in [0, 0.05) is 0 Å². The molecular formula is C8H20O8S2Si. The normalized spacial score (nSPS) is 14.3. The fourth-order valence-electron chi connectivity index (χ4n) is 1.02. The molecule has 0 unspecified atom stereocenters. The van der Waals surface area contributed by atoms with E-state index in [1.807, 2.05) is 0 Å². The highest BCUT2D eigenvalue weighted by Gasteiger charge is 2.39. The van der Waals surface area contributed by atoms with Gasteiger partial charge < -0.3 is 0 Å². The summed E-state index contributed by atoms with van der Waals surface area (Å²) in [5.74, 6) is 0. The molecule has 0 aromatic rings. The molecular weight excluding hydrogens is 316 g/mol. The van der Waals surface area contributed by atoms with Crippen LogP contribution in [0.1, 0.15) is 27.7 Å². The Kier molecular flexibility index (Phi) is 6.59. The maximum absolute atomic E-state index is 11.4. The average Bonchev–Trinajstić information content (AvgIpc) is 1.89. The fraction of sp³-hybridized carbons (Fsp3) is 1.00. The van der Waals surface area contributed by atoms with Gasteiger partial charge in [0.2, 0.25) is 0 Å². The zero-order valence-electron chi connectivity index (χ0n) is 11.7. The molecule has 0 radical (unpaired) electrons. The lowest BCUT2D eigenvalue weighted by Crippen LogP contribution is -2.41. The minimum atomic E-state index is -4.32. The Morgan fingerprint density at radius 3 is 1.21 bits per heavy atom. The van der Waals surface area contributed by atoms with Crippen LogP contribution in [0.2, 0.25) is 13.1 Å². The summed E-state index contributed by atoms with van der Waals surface area (Å²) in [4.78, 5) is 0. The minimum Gasteiger partial charge on any atom is -0.262 e. The first-order chi connectivity index (χ1) is 8.25. The van der Waals surface area contributed by atoms with E-state index in [0.29, 0.717) is 0 Å². The molecule has 0 aromatic heterocycles. The van der Waals surface area contributed by atoms with Gasteiger partial charge in [0.15, 0.2) is 0 Å². The maximum atomic E-state index is 11.4. The molecule has 0 fully saturated rings. The standard InChI is InChI=1S/C8H20O8S2Si/c1-7(2)13-17(9,10)15-19(5,6)16-18(11,12)14-8(3)4/h7-8H,1-6H3. The average molecular weight is 336 g/mol. The number of hydrogen-bond donors (Lipinski definition) is 0. The predicted molar refractivity (Wildman–Crippen MR) is 69.9 cm³/mol. The molecule has 11 heteroatoms. The van der Waals surface area contributed by atoms with Crippen LogP contribution in [-0.4, -0.2) is 37.6 Å². The molecule has 0 atom stereocenters. The van der Waals surface area contributed by atoms with Crippen molar-refractivity contribution < 1.29 is 32.9 Å². The van der Waals surface area contributed by atoms with Crippen LogP contribution in [0.15, 0.2) is 0 Å². The van der Waals surface area contributed by atoms with Gasteiger partial charge in [0.05, 0.1) is 12.2 Å². The highest BCUT2D eigenvalue weighted by Crippen LogP contribution is 2.17. The molecule has 0 bridgehead atoms. The lowest BCUT2D eigenvalue weighted by atomic mass is 10.5. The summed E-state index contributed by atoms with van der Waals surface area (Å²) < 4.78 is 64.2. The molecule has 0 rings (SSSR count). The highest BCUT2D eigenvalue weighted by molar-refractivity contribution is 7.84. The number of rotatable bonds is 8. The lowest BCUT2D eigenvalue weighted by molar-refractivity contribution is 0.195. The third-order valence-corrected chi connectivity index (χ3v) is 7.31.